The first-order chi connectivity index (χ1) is 13.3. The number of ether oxygens (including phenoxy) is 1. The van der Waals surface area contributed by atoms with Crippen LogP contribution in [-0.4, -0.2) is 46.3 Å². The number of aromatic nitrogens is 3. The molecule has 2 aromatic heterocycles. The lowest BCUT2D eigenvalue weighted by Crippen LogP contribution is -2.33. The average Bonchev–Trinajstić information content (AvgIpc) is 3.21. The summed E-state index contributed by atoms with van der Waals surface area (Å²) in [6, 6.07) is 7.40. The van der Waals surface area contributed by atoms with Crippen molar-refractivity contribution in [1.82, 2.24) is 20.5 Å². The van der Waals surface area contributed by atoms with Gasteiger partial charge in [0.15, 0.2) is 5.82 Å². The van der Waals surface area contributed by atoms with Crippen molar-refractivity contribution in [2.24, 2.45) is 0 Å². The molecule has 0 radical (unpaired) electrons. The third kappa shape index (κ3) is 4.80. The molecule has 1 unspecified atom stereocenters. The van der Waals surface area contributed by atoms with Crippen LogP contribution in [0.25, 0.3) is 0 Å². The Morgan fingerprint density at radius 1 is 1.21 bits per heavy atom. The number of rotatable bonds is 5. The molecule has 0 aliphatic carbocycles. The van der Waals surface area contributed by atoms with Crippen molar-refractivity contribution in [3.8, 4) is 0 Å². The van der Waals surface area contributed by atoms with E-state index in [0.29, 0.717) is 0 Å². The summed E-state index contributed by atoms with van der Waals surface area (Å²) < 4.78 is 42.0. The predicted octanol–water partition coefficient (Wildman–Crippen LogP) is 1.73. The molecule has 0 saturated carbocycles. The van der Waals surface area contributed by atoms with E-state index in [9.17, 15) is 22.8 Å². The number of amides is 1. The molecule has 0 spiro atoms. The van der Waals surface area contributed by atoms with Gasteiger partial charge < -0.3 is 15.4 Å². The third-order valence-electron chi connectivity index (χ3n) is 4.07. The minimum atomic E-state index is -5.25. The number of hydrogen-bond acceptors (Lipinski definition) is 7. The van der Waals surface area contributed by atoms with Gasteiger partial charge in [-0.15, -0.1) is 5.10 Å². The first-order valence-electron chi connectivity index (χ1n) is 8.38. The van der Waals surface area contributed by atoms with Crippen LogP contribution in [0.1, 0.15) is 29.8 Å². The van der Waals surface area contributed by atoms with Crippen molar-refractivity contribution in [2.45, 2.75) is 24.6 Å². The van der Waals surface area contributed by atoms with Crippen LogP contribution in [0, 0.1) is 0 Å². The van der Waals surface area contributed by atoms with Gasteiger partial charge >= 0.3 is 12.1 Å². The molecule has 28 heavy (non-hydrogen) atoms. The van der Waals surface area contributed by atoms with E-state index in [-0.39, 0.29) is 17.4 Å². The van der Waals surface area contributed by atoms with Gasteiger partial charge in [0.2, 0.25) is 6.10 Å². The molecular formula is C17H16F3N5O3. The highest BCUT2D eigenvalue weighted by molar-refractivity contribution is 5.95. The fourth-order valence-electron chi connectivity index (χ4n) is 2.68. The zero-order chi connectivity index (χ0) is 20.1. The zero-order valence-corrected chi connectivity index (χ0v) is 14.4. The molecule has 1 aliphatic heterocycles. The summed E-state index contributed by atoms with van der Waals surface area (Å²) in [6.07, 6.45) is -4.96. The Labute approximate surface area is 157 Å². The summed E-state index contributed by atoms with van der Waals surface area (Å²) in [5, 5.41) is 13.4. The van der Waals surface area contributed by atoms with Crippen molar-refractivity contribution in [3.05, 3.63) is 47.9 Å². The van der Waals surface area contributed by atoms with Gasteiger partial charge in [-0.3, -0.25) is 9.78 Å². The van der Waals surface area contributed by atoms with Gasteiger partial charge in [0.25, 0.3) is 5.91 Å². The van der Waals surface area contributed by atoms with E-state index in [1.54, 1.807) is 6.07 Å². The number of nitrogens with zero attached hydrogens (tertiary/aromatic N) is 3. The second kappa shape index (κ2) is 8.30. The summed E-state index contributed by atoms with van der Waals surface area (Å²) in [5.41, 5.74) is 0.590. The molecule has 1 saturated heterocycles. The molecule has 1 amide bonds. The Bertz CT molecular complexity index is 824. The van der Waals surface area contributed by atoms with Crippen LogP contribution in [0.4, 0.5) is 19.0 Å². The highest BCUT2D eigenvalue weighted by Crippen LogP contribution is 2.24. The second-order valence-corrected chi connectivity index (χ2v) is 6.06. The standard InChI is InChI=1S/C17H16F3N5O3/c18-17(19,20)16(27)28-14(12-3-1-2-7-22-12)15(26)23-13-5-4-11(24-25-13)10-6-8-21-9-10/h1-5,7,10,14,21H,6,8-9H2,(H,23,25,26)/t10?,14-/m1/s1. The summed E-state index contributed by atoms with van der Waals surface area (Å²) in [5.74, 6) is -3.29. The topological polar surface area (TPSA) is 106 Å². The van der Waals surface area contributed by atoms with Crippen LogP contribution >= 0.6 is 0 Å². The Hall–Kier alpha value is -3.08. The molecule has 148 valence electrons. The Kier molecular flexibility index (Phi) is 5.83. The van der Waals surface area contributed by atoms with Crippen LogP contribution < -0.4 is 10.6 Å². The quantitative estimate of drug-likeness (QED) is 0.743. The molecule has 1 fully saturated rings. The van der Waals surface area contributed by atoms with E-state index in [2.05, 4.69) is 30.6 Å². The summed E-state index contributed by atoms with van der Waals surface area (Å²) in [6.45, 7) is 1.65. The van der Waals surface area contributed by atoms with Gasteiger partial charge in [-0.1, -0.05) is 6.07 Å². The van der Waals surface area contributed by atoms with Gasteiger partial charge in [-0.05, 0) is 37.2 Å². The molecule has 8 nitrogen and oxygen atoms in total. The predicted molar refractivity (Wildman–Crippen MR) is 90.0 cm³/mol. The number of esters is 1. The van der Waals surface area contributed by atoms with E-state index >= 15 is 0 Å². The number of pyridine rings is 1. The maximum Gasteiger partial charge on any atom is 0.490 e. The SMILES string of the molecule is O=C(Nc1ccc(C2CCNC2)nn1)[C@H](OC(=O)C(F)(F)F)c1ccccn1. The largest absolute Gasteiger partial charge is 0.490 e. The van der Waals surface area contributed by atoms with Crippen LogP contribution in [0.3, 0.4) is 0 Å². The third-order valence-corrected chi connectivity index (χ3v) is 4.07. The molecular weight excluding hydrogens is 379 g/mol. The number of anilines is 1. The minimum Gasteiger partial charge on any atom is -0.439 e. The minimum absolute atomic E-state index is 0.0173. The number of alkyl halides is 3. The monoisotopic (exact) mass is 395 g/mol. The van der Waals surface area contributed by atoms with Crippen molar-refractivity contribution in [1.29, 1.82) is 0 Å². The molecule has 3 heterocycles. The van der Waals surface area contributed by atoms with Crippen LogP contribution in [-0.2, 0) is 14.3 Å². The van der Waals surface area contributed by atoms with E-state index in [1.807, 2.05) is 0 Å². The summed E-state index contributed by atoms with van der Waals surface area (Å²) in [7, 11) is 0. The van der Waals surface area contributed by atoms with E-state index in [0.717, 1.165) is 25.2 Å². The maximum absolute atomic E-state index is 12.6. The number of halogens is 3. The van der Waals surface area contributed by atoms with Gasteiger partial charge in [0.05, 0.1) is 11.4 Å². The summed E-state index contributed by atoms with van der Waals surface area (Å²) >= 11 is 0. The molecule has 2 atom stereocenters. The zero-order valence-electron chi connectivity index (χ0n) is 14.4. The number of hydrogen-bond donors (Lipinski definition) is 2. The van der Waals surface area contributed by atoms with E-state index < -0.39 is 24.2 Å². The molecule has 0 aromatic carbocycles. The maximum atomic E-state index is 12.6. The van der Waals surface area contributed by atoms with E-state index in [4.69, 9.17) is 0 Å². The highest BCUT2D eigenvalue weighted by Gasteiger charge is 2.44. The Balaban J connectivity index is 1.74. The molecule has 2 N–H and O–H groups in total. The lowest BCUT2D eigenvalue weighted by Gasteiger charge is -2.17. The first-order valence-corrected chi connectivity index (χ1v) is 8.38. The van der Waals surface area contributed by atoms with Crippen molar-refractivity contribution < 1.29 is 27.5 Å². The van der Waals surface area contributed by atoms with Gasteiger partial charge in [0.1, 0.15) is 0 Å². The number of carbonyl (C=O) groups excluding carboxylic acids is 2. The second-order valence-electron chi connectivity index (χ2n) is 6.06. The normalized spacial score (nSPS) is 17.8. The number of nitrogens with one attached hydrogen (secondary N) is 2. The van der Waals surface area contributed by atoms with Crippen LogP contribution in [0.2, 0.25) is 0 Å². The summed E-state index contributed by atoms with van der Waals surface area (Å²) in [4.78, 5) is 27.4. The highest BCUT2D eigenvalue weighted by atomic mass is 19.4. The van der Waals surface area contributed by atoms with Crippen LogP contribution in [0.5, 0.6) is 0 Å². The molecule has 2 aromatic rings. The van der Waals surface area contributed by atoms with Crippen LogP contribution in [0.15, 0.2) is 36.5 Å². The lowest BCUT2D eigenvalue weighted by atomic mass is 10.1. The molecule has 1 aliphatic rings. The van der Waals surface area contributed by atoms with Gasteiger partial charge in [-0.2, -0.15) is 18.3 Å². The fraction of sp³-hybridized carbons (Fsp3) is 0.353. The first kappa shape index (κ1) is 19.7. The Morgan fingerprint density at radius 3 is 2.61 bits per heavy atom. The fourth-order valence-corrected chi connectivity index (χ4v) is 2.68. The van der Waals surface area contributed by atoms with Crippen molar-refractivity contribution in [3.63, 3.8) is 0 Å². The molecule has 3 rings (SSSR count). The molecule has 0 bridgehead atoms. The van der Waals surface area contributed by atoms with Crippen molar-refractivity contribution >= 4 is 17.7 Å². The van der Waals surface area contributed by atoms with Gasteiger partial charge in [-0.25, -0.2) is 4.79 Å². The number of carbonyl (C=O) groups is 2. The average molecular weight is 395 g/mol. The van der Waals surface area contributed by atoms with Gasteiger partial charge in [0, 0.05) is 18.7 Å². The lowest BCUT2D eigenvalue weighted by molar-refractivity contribution is -0.205. The molecule has 11 heteroatoms. The van der Waals surface area contributed by atoms with Crippen molar-refractivity contribution in [2.75, 3.05) is 18.4 Å². The smallest absolute Gasteiger partial charge is 0.439 e. The Morgan fingerprint density at radius 2 is 2.04 bits per heavy atom. The van der Waals surface area contributed by atoms with E-state index in [1.165, 1.54) is 30.5 Å².